The van der Waals surface area contributed by atoms with Crippen molar-refractivity contribution in [2.45, 2.75) is 19.0 Å². The first-order valence-corrected chi connectivity index (χ1v) is 6.68. The number of aromatic nitrogens is 1. The number of para-hydroxylation sites is 1. The second-order valence-electron chi connectivity index (χ2n) is 5.07. The van der Waals surface area contributed by atoms with Crippen molar-refractivity contribution >= 4 is 16.8 Å². The van der Waals surface area contributed by atoms with E-state index in [9.17, 15) is 22.8 Å². The molecule has 0 unspecified atom stereocenters. The number of pyridine rings is 1. The highest BCUT2D eigenvalue weighted by atomic mass is 19.4. The third-order valence-corrected chi connectivity index (χ3v) is 3.33. The van der Waals surface area contributed by atoms with Gasteiger partial charge in [-0.05, 0) is 17.5 Å². The molecule has 0 bridgehead atoms. The predicted molar refractivity (Wildman–Crippen MR) is 76.6 cm³/mol. The Hall–Kier alpha value is -2.31. The summed E-state index contributed by atoms with van der Waals surface area (Å²) in [6.07, 6.45) is -5.60. The standard InChI is InChI=1S/C15H15F3N2O2/c1-20(7-6-15(16,17)18)13(21)9-11-8-10-4-2-3-5-12(10)19-14(11)22/h2-5,8H,6-7,9H2,1H3,(H,19,22). The van der Waals surface area contributed by atoms with E-state index in [1.54, 1.807) is 30.3 Å². The van der Waals surface area contributed by atoms with E-state index < -0.39 is 30.6 Å². The van der Waals surface area contributed by atoms with Gasteiger partial charge in [-0.2, -0.15) is 13.2 Å². The molecule has 0 aliphatic rings. The van der Waals surface area contributed by atoms with Crippen molar-refractivity contribution in [3.05, 3.63) is 46.2 Å². The fourth-order valence-electron chi connectivity index (χ4n) is 2.04. The summed E-state index contributed by atoms with van der Waals surface area (Å²) in [7, 11) is 1.29. The van der Waals surface area contributed by atoms with Crippen LogP contribution in [0.3, 0.4) is 0 Å². The van der Waals surface area contributed by atoms with Gasteiger partial charge in [-0.1, -0.05) is 18.2 Å². The maximum Gasteiger partial charge on any atom is 0.390 e. The summed E-state index contributed by atoms with van der Waals surface area (Å²) in [6.45, 7) is -0.423. The molecule has 1 aromatic carbocycles. The molecule has 118 valence electrons. The highest BCUT2D eigenvalue weighted by Gasteiger charge is 2.28. The average Bonchev–Trinajstić information content (AvgIpc) is 2.44. The minimum Gasteiger partial charge on any atom is -0.345 e. The lowest BCUT2D eigenvalue weighted by molar-refractivity contribution is -0.143. The summed E-state index contributed by atoms with van der Waals surface area (Å²) >= 11 is 0. The number of rotatable bonds is 4. The van der Waals surface area contributed by atoms with Gasteiger partial charge in [0.1, 0.15) is 0 Å². The Bertz CT molecular complexity index is 737. The maximum atomic E-state index is 12.2. The number of carbonyl (C=O) groups excluding carboxylic acids is 1. The van der Waals surface area contributed by atoms with Crippen molar-refractivity contribution < 1.29 is 18.0 Å². The van der Waals surface area contributed by atoms with Gasteiger partial charge in [-0.15, -0.1) is 0 Å². The lowest BCUT2D eigenvalue weighted by atomic mass is 10.1. The number of fused-ring (bicyclic) bond motifs is 1. The van der Waals surface area contributed by atoms with E-state index in [4.69, 9.17) is 0 Å². The van der Waals surface area contributed by atoms with Crippen molar-refractivity contribution in [3.8, 4) is 0 Å². The van der Waals surface area contributed by atoms with Crippen molar-refractivity contribution in [1.29, 1.82) is 0 Å². The zero-order valence-corrected chi connectivity index (χ0v) is 11.9. The number of amides is 1. The molecule has 0 saturated carbocycles. The minimum atomic E-state index is -4.31. The van der Waals surface area contributed by atoms with Crippen molar-refractivity contribution in [3.63, 3.8) is 0 Å². The summed E-state index contributed by atoms with van der Waals surface area (Å²) in [6, 6.07) is 8.67. The van der Waals surface area contributed by atoms with Gasteiger partial charge in [0.05, 0.1) is 12.8 Å². The summed E-state index contributed by atoms with van der Waals surface area (Å²) in [5, 5.41) is 0.767. The lowest BCUT2D eigenvalue weighted by Crippen LogP contribution is -2.33. The number of hydrogen-bond donors (Lipinski definition) is 1. The summed E-state index contributed by atoms with van der Waals surface area (Å²) in [5.74, 6) is -0.523. The van der Waals surface area contributed by atoms with Crippen LogP contribution in [-0.4, -0.2) is 35.6 Å². The van der Waals surface area contributed by atoms with E-state index in [0.717, 1.165) is 10.3 Å². The number of H-pyrrole nitrogens is 1. The maximum absolute atomic E-state index is 12.2. The molecule has 0 fully saturated rings. The van der Waals surface area contributed by atoms with Crippen molar-refractivity contribution in [2.24, 2.45) is 0 Å². The fraction of sp³-hybridized carbons (Fsp3) is 0.333. The van der Waals surface area contributed by atoms with Crippen LogP contribution < -0.4 is 5.56 Å². The number of alkyl halides is 3. The Balaban J connectivity index is 2.11. The Kier molecular flexibility index (Phi) is 4.54. The summed E-state index contributed by atoms with van der Waals surface area (Å²) in [5.41, 5.74) is 0.480. The summed E-state index contributed by atoms with van der Waals surface area (Å²) < 4.78 is 36.5. The Morgan fingerprint density at radius 3 is 2.64 bits per heavy atom. The Morgan fingerprint density at radius 1 is 1.27 bits per heavy atom. The SMILES string of the molecule is CN(CCC(F)(F)F)C(=O)Cc1cc2ccccc2[nH]c1=O. The molecular weight excluding hydrogens is 297 g/mol. The first-order valence-electron chi connectivity index (χ1n) is 6.68. The van der Waals surface area contributed by atoms with Crippen LogP contribution >= 0.6 is 0 Å². The van der Waals surface area contributed by atoms with Gasteiger partial charge in [0, 0.05) is 24.7 Å². The van der Waals surface area contributed by atoms with E-state index >= 15 is 0 Å². The van der Waals surface area contributed by atoms with Crippen LogP contribution in [0.1, 0.15) is 12.0 Å². The molecule has 0 atom stereocenters. The first-order chi connectivity index (χ1) is 10.3. The Labute approximate surface area is 124 Å². The Morgan fingerprint density at radius 2 is 1.95 bits per heavy atom. The van der Waals surface area contributed by atoms with Crippen LogP contribution in [0.15, 0.2) is 35.1 Å². The van der Waals surface area contributed by atoms with Crippen LogP contribution in [0.4, 0.5) is 13.2 Å². The topological polar surface area (TPSA) is 53.2 Å². The number of nitrogens with zero attached hydrogens (tertiary/aromatic N) is 1. The molecule has 0 saturated heterocycles. The van der Waals surface area contributed by atoms with Crippen molar-refractivity contribution in [2.75, 3.05) is 13.6 Å². The van der Waals surface area contributed by atoms with Gasteiger partial charge in [0.2, 0.25) is 5.91 Å². The molecule has 2 aromatic rings. The molecule has 0 aliphatic heterocycles. The number of benzene rings is 1. The van der Waals surface area contributed by atoms with Gasteiger partial charge in [0.25, 0.3) is 5.56 Å². The molecule has 1 amide bonds. The molecule has 2 rings (SSSR count). The fourth-order valence-corrected chi connectivity index (χ4v) is 2.04. The molecule has 4 nitrogen and oxygen atoms in total. The number of aromatic amines is 1. The average molecular weight is 312 g/mol. The molecule has 0 radical (unpaired) electrons. The predicted octanol–water partition coefficient (Wildman–Crippen LogP) is 2.48. The van der Waals surface area contributed by atoms with E-state index in [1.807, 2.05) is 0 Å². The van der Waals surface area contributed by atoms with Crippen LogP contribution in [0.5, 0.6) is 0 Å². The summed E-state index contributed by atoms with van der Waals surface area (Å²) in [4.78, 5) is 27.5. The molecule has 22 heavy (non-hydrogen) atoms. The number of nitrogens with one attached hydrogen (secondary N) is 1. The molecular formula is C15H15F3N2O2. The third kappa shape index (κ3) is 4.09. The highest BCUT2D eigenvalue weighted by Crippen LogP contribution is 2.19. The smallest absolute Gasteiger partial charge is 0.345 e. The molecule has 1 N–H and O–H groups in total. The highest BCUT2D eigenvalue weighted by molar-refractivity contribution is 5.82. The van der Waals surface area contributed by atoms with Crippen LogP contribution in [0.2, 0.25) is 0 Å². The molecule has 1 heterocycles. The first kappa shape index (κ1) is 16.1. The monoisotopic (exact) mass is 312 g/mol. The second kappa shape index (κ2) is 6.21. The molecule has 0 aliphatic carbocycles. The lowest BCUT2D eigenvalue weighted by Gasteiger charge is -2.18. The molecule has 7 heteroatoms. The number of hydrogen-bond acceptors (Lipinski definition) is 2. The van der Waals surface area contributed by atoms with Crippen molar-refractivity contribution in [1.82, 2.24) is 9.88 Å². The van der Waals surface area contributed by atoms with Gasteiger partial charge >= 0.3 is 6.18 Å². The largest absolute Gasteiger partial charge is 0.390 e. The van der Waals surface area contributed by atoms with E-state index in [2.05, 4.69) is 4.98 Å². The second-order valence-corrected chi connectivity index (χ2v) is 5.07. The van der Waals surface area contributed by atoms with Crippen LogP contribution in [-0.2, 0) is 11.2 Å². The number of carbonyl (C=O) groups is 1. The van der Waals surface area contributed by atoms with Gasteiger partial charge in [-0.25, -0.2) is 0 Å². The number of likely N-dealkylation sites (N-methyl/N-ethyl adjacent to an activating group) is 1. The zero-order chi connectivity index (χ0) is 16.3. The minimum absolute atomic E-state index is 0.228. The van der Waals surface area contributed by atoms with E-state index in [1.165, 1.54) is 7.05 Å². The van der Waals surface area contributed by atoms with Gasteiger partial charge in [0.15, 0.2) is 0 Å². The van der Waals surface area contributed by atoms with Crippen LogP contribution in [0.25, 0.3) is 10.9 Å². The third-order valence-electron chi connectivity index (χ3n) is 3.33. The van der Waals surface area contributed by atoms with E-state index in [-0.39, 0.29) is 12.0 Å². The zero-order valence-electron chi connectivity index (χ0n) is 11.9. The van der Waals surface area contributed by atoms with E-state index in [0.29, 0.717) is 5.52 Å². The normalized spacial score (nSPS) is 11.6. The van der Waals surface area contributed by atoms with Crippen LogP contribution in [0, 0.1) is 0 Å². The quantitative estimate of drug-likeness (QED) is 0.943. The molecule has 0 spiro atoms. The number of halogens is 3. The molecule has 1 aromatic heterocycles. The van der Waals surface area contributed by atoms with Gasteiger partial charge < -0.3 is 9.88 Å². The van der Waals surface area contributed by atoms with Gasteiger partial charge in [-0.3, -0.25) is 9.59 Å².